The van der Waals surface area contributed by atoms with Crippen LogP contribution in [0.25, 0.3) is 10.8 Å². The van der Waals surface area contributed by atoms with E-state index >= 15 is 0 Å². The molecule has 3 aromatic rings. The molecular weight excluding hydrogens is 348 g/mol. The molecule has 26 heavy (non-hydrogen) atoms. The number of amides is 1. The Bertz CT molecular complexity index is 920. The second-order valence-corrected chi connectivity index (χ2v) is 5.91. The molecular formula is C20H18N2O3S. The lowest BCUT2D eigenvalue weighted by Gasteiger charge is -2.12. The van der Waals surface area contributed by atoms with Gasteiger partial charge in [-0.2, -0.15) is 0 Å². The van der Waals surface area contributed by atoms with E-state index in [9.17, 15) is 4.79 Å². The van der Waals surface area contributed by atoms with E-state index in [1.807, 2.05) is 54.6 Å². The van der Waals surface area contributed by atoms with E-state index in [0.717, 1.165) is 22.2 Å². The Morgan fingerprint density at radius 3 is 2.50 bits per heavy atom. The Morgan fingerprint density at radius 2 is 1.73 bits per heavy atom. The number of carbonyl (C=O) groups is 1. The van der Waals surface area contributed by atoms with E-state index in [2.05, 4.69) is 10.6 Å². The number of thiocarbonyl (C=S) groups is 1. The van der Waals surface area contributed by atoms with Crippen LogP contribution in [0, 0.1) is 0 Å². The Morgan fingerprint density at radius 1 is 1.00 bits per heavy atom. The van der Waals surface area contributed by atoms with Gasteiger partial charge in [0.05, 0.1) is 7.11 Å². The summed E-state index contributed by atoms with van der Waals surface area (Å²) in [4.78, 5) is 12.1. The van der Waals surface area contributed by atoms with E-state index in [1.165, 1.54) is 0 Å². The Kier molecular flexibility index (Phi) is 5.66. The van der Waals surface area contributed by atoms with Crippen molar-refractivity contribution < 1.29 is 14.3 Å². The molecule has 3 aromatic carbocycles. The average molecular weight is 366 g/mol. The summed E-state index contributed by atoms with van der Waals surface area (Å²) in [6, 6.07) is 20.8. The first-order chi connectivity index (χ1) is 12.7. The summed E-state index contributed by atoms with van der Waals surface area (Å²) in [5, 5.41) is 7.77. The first kappa shape index (κ1) is 17.7. The van der Waals surface area contributed by atoms with Gasteiger partial charge in [0.15, 0.2) is 11.7 Å². The number of ether oxygens (including phenoxy) is 2. The molecule has 1 amide bonds. The summed E-state index contributed by atoms with van der Waals surface area (Å²) in [5.41, 5.74) is 0.756. The minimum absolute atomic E-state index is 0.127. The summed E-state index contributed by atoms with van der Waals surface area (Å²) < 4.78 is 10.7. The fraction of sp³-hybridized carbons (Fsp3) is 0.100. The van der Waals surface area contributed by atoms with E-state index < -0.39 is 0 Å². The number of anilines is 1. The highest BCUT2D eigenvalue weighted by Crippen LogP contribution is 2.24. The van der Waals surface area contributed by atoms with E-state index in [0.29, 0.717) is 5.75 Å². The summed E-state index contributed by atoms with van der Waals surface area (Å²) in [6.45, 7) is -0.127. The van der Waals surface area contributed by atoms with E-state index in [4.69, 9.17) is 21.7 Å². The third-order valence-electron chi connectivity index (χ3n) is 3.71. The van der Waals surface area contributed by atoms with Crippen LogP contribution in [0.15, 0.2) is 66.7 Å². The van der Waals surface area contributed by atoms with Crippen LogP contribution in [-0.2, 0) is 4.79 Å². The van der Waals surface area contributed by atoms with Gasteiger partial charge in [0.25, 0.3) is 5.91 Å². The molecule has 0 unspecified atom stereocenters. The number of nitrogens with one attached hydrogen (secondary N) is 2. The van der Waals surface area contributed by atoms with Crippen molar-refractivity contribution in [1.82, 2.24) is 5.32 Å². The maximum atomic E-state index is 12.1. The molecule has 6 heteroatoms. The fourth-order valence-electron chi connectivity index (χ4n) is 2.46. The quantitative estimate of drug-likeness (QED) is 0.674. The van der Waals surface area contributed by atoms with Crippen molar-refractivity contribution in [2.24, 2.45) is 0 Å². The zero-order valence-corrected chi connectivity index (χ0v) is 15.0. The van der Waals surface area contributed by atoms with Gasteiger partial charge in [-0.25, -0.2) is 0 Å². The fourth-order valence-corrected chi connectivity index (χ4v) is 2.70. The number of hydrogen-bond acceptors (Lipinski definition) is 4. The highest BCUT2D eigenvalue weighted by molar-refractivity contribution is 7.80. The van der Waals surface area contributed by atoms with Gasteiger partial charge in [-0.3, -0.25) is 10.1 Å². The van der Waals surface area contributed by atoms with Crippen molar-refractivity contribution >= 4 is 39.7 Å². The molecule has 0 aliphatic carbocycles. The van der Waals surface area contributed by atoms with Crippen molar-refractivity contribution in [2.75, 3.05) is 19.0 Å². The lowest BCUT2D eigenvalue weighted by atomic mass is 10.1. The molecule has 0 spiro atoms. The number of carbonyl (C=O) groups excluding carboxylic acids is 1. The minimum atomic E-state index is -0.330. The third kappa shape index (κ3) is 4.49. The number of hydrogen-bond donors (Lipinski definition) is 2. The molecule has 2 N–H and O–H groups in total. The molecule has 0 saturated carbocycles. The van der Waals surface area contributed by atoms with Gasteiger partial charge in [-0.15, -0.1) is 0 Å². The second kappa shape index (κ2) is 8.31. The van der Waals surface area contributed by atoms with E-state index in [-0.39, 0.29) is 17.6 Å². The predicted molar refractivity (Wildman–Crippen MR) is 107 cm³/mol. The van der Waals surface area contributed by atoms with Crippen molar-refractivity contribution in [2.45, 2.75) is 0 Å². The van der Waals surface area contributed by atoms with Gasteiger partial charge < -0.3 is 14.8 Å². The molecule has 3 rings (SSSR count). The van der Waals surface area contributed by atoms with Crippen LogP contribution in [-0.4, -0.2) is 24.7 Å². The van der Waals surface area contributed by atoms with Crippen LogP contribution in [0.3, 0.4) is 0 Å². The first-order valence-corrected chi connectivity index (χ1v) is 8.42. The lowest BCUT2D eigenvalue weighted by Crippen LogP contribution is -2.37. The lowest BCUT2D eigenvalue weighted by molar-refractivity contribution is -0.121. The summed E-state index contributed by atoms with van der Waals surface area (Å²) in [6.07, 6.45) is 0. The number of benzene rings is 3. The van der Waals surface area contributed by atoms with Gasteiger partial charge in [0.1, 0.15) is 11.5 Å². The third-order valence-corrected chi connectivity index (χ3v) is 3.91. The summed E-state index contributed by atoms with van der Waals surface area (Å²) in [7, 11) is 1.60. The molecule has 0 fully saturated rings. The van der Waals surface area contributed by atoms with Gasteiger partial charge in [0, 0.05) is 11.1 Å². The van der Waals surface area contributed by atoms with Crippen LogP contribution in [0.4, 0.5) is 5.69 Å². The molecule has 0 atom stereocenters. The molecule has 0 radical (unpaired) electrons. The molecule has 5 nitrogen and oxygen atoms in total. The van der Waals surface area contributed by atoms with Crippen LogP contribution in [0.5, 0.6) is 11.5 Å². The standard InChI is InChI=1S/C20H18N2O3S/c1-24-16-11-9-15(10-12-16)21-20(26)22-19(23)13-25-18-8-4-6-14-5-2-3-7-17(14)18/h2-12H,13H2,1H3,(H2,21,22,23,26). The second-order valence-electron chi connectivity index (χ2n) is 5.50. The highest BCUT2D eigenvalue weighted by atomic mass is 32.1. The SMILES string of the molecule is COc1ccc(NC(=S)NC(=O)COc2cccc3ccccc23)cc1. The maximum Gasteiger partial charge on any atom is 0.264 e. The zero-order chi connectivity index (χ0) is 18.4. The molecule has 0 aromatic heterocycles. The molecule has 0 aliphatic rings. The Labute approximate surface area is 156 Å². The molecule has 132 valence electrons. The van der Waals surface area contributed by atoms with Gasteiger partial charge in [0.2, 0.25) is 0 Å². The zero-order valence-electron chi connectivity index (χ0n) is 14.2. The van der Waals surface area contributed by atoms with Crippen LogP contribution >= 0.6 is 12.2 Å². The van der Waals surface area contributed by atoms with Gasteiger partial charge in [-0.1, -0.05) is 36.4 Å². The van der Waals surface area contributed by atoms with Crippen molar-refractivity contribution in [3.05, 3.63) is 66.7 Å². The van der Waals surface area contributed by atoms with Crippen LogP contribution < -0.4 is 20.1 Å². The first-order valence-electron chi connectivity index (χ1n) is 8.01. The summed E-state index contributed by atoms with van der Waals surface area (Å²) in [5.74, 6) is 1.07. The summed E-state index contributed by atoms with van der Waals surface area (Å²) >= 11 is 5.15. The van der Waals surface area contributed by atoms with Crippen molar-refractivity contribution in [3.63, 3.8) is 0 Å². The van der Waals surface area contributed by atoms with Gasteiger partial charge in [-0.05, 0) is 47.9 Å². The highest BCUT2D eigenvalue weighted by Gasteiger charge is 2.08. The molecule has 0 aliphatic heterocycles. The van der Waals surface area contributed by atoms with Crippen molar-refractivity contribution in [1.29, 1.82) is 0 Å². The maximum absolute atomic E-state index is 12.1. The molecule has 0 saturated heterocycles. The number of methoxy groups -OCH3 is 1. The normalized spacial score (nSPS) is 10.2. The van der Waals surface area contributed by atoms with Crippen LogP contribution in [0.2, 0.25) is 0 Å². The molecule has 0 heterocycles. The minimum Gasteiger partial charge on any atom is -0.497 e. The predicted octanol–water partition coefficient (Wildman–Crippen LogP) is 3.74. The largest absolute Gasteiger partial charge is 0.497 e. The Balaban J connectivity index is 1.54. The topological polar surface area (TPSA) is 59.6 Å². The van der Waals surface area contributed by atoms with Crippen LogP contribution in [0.1, 0.15) is 0 Å². The van der Waals surface area contributed by atoms with Gasteiger partial charge >= 0.3 is 0 Å². The monoisotopic (exact) mass is 366 g/mol. The van der Waals surface area contributed by atoms with E-state index in [1.54, 1.807) is 19.2 Å². The number of fused-ring (bicyclic) bond motifs is 1. The molecule has 0 bridgehead atoms. The Hall–Kier alpha value is -3.12. The smallest absolute Gasteiger partial charge is 0.264 e. The number of rotatable bonds is 5. The average Bonchev–Trinajstić information content (AvgIpc) is 2.67. The van der Waals surface area contributed by atoms with Crippen molar-refractivity contribution in [3.8, 4) is 11.5 Å².